The lowest BCUT2D eigenvalue weighted by molar-refractivity contribution is -0.0400. The van der Waals surface area contributed by atoms with Crippen LogP contribution in [0.15, 0.2) is 30.7 Å². The molecule has 0 saturated carbocycles. The number of ether oxygens (including phenoxy) is 1. The summed E-state index contributed by atoms with van der Waals surface area (Å²) in [5.41, 5.74) is 5.32. The molecule has 0 saturated heterocycles. The van der Waals surface area contributed by atoms with Crippen molar-refractivity contribution in [3.05, 3.63) is 53.2 Å². The van der Waals surface area contributed by atoms with E-state index < -0.39 is 0 Å². The Labute approximate surface area is 167 Å². The molecular weight excluding hydrogens is 370 g/mol. The molecule has 0 spiro atoms. The zero-order chi connectivity index (χ0) is 19.3. The van der Waals surface area contributed by atoms with Crippen molar-refractivity contribution in [2.24, 2.45) is 0 Å². The van der Waals surface area contributed by atoms with Gasteiger partial charge in [-0.15, -0.1) is 11.3 Å². The molecule has 0 radical (unpaired) electrons. The third-order valence-corrected chi connectivity index (χ3v) is 6.28. The van der Waals surface area contributed by atoms with E-state index in [1.807, 2.05) is 18.2 Å². The van der Waals surface area contributed by atoms with Crippen LogP contribution in [-0.2, 0) is 24.3 Å². The Hall–Kier alpha value is -2.64. The lowest BCUT2D eigenvalue weighted by Gasteiger charge is -2.32. The van der Waals surface area contributed by atoms with Crippen LogP contribution in [0, 0.1) is 6.92 Å². The van der Waals surface area contributed by atoms with Gasteiger partial charge in [-0.3, -0.25) is 4.98 Å². The summed E-state index contributed by atoms with van der Waals surface area (Å²) in [6, 6.07) is 5.91. The van der Waals surface area contributed by atoms with Crippen molar-refractivity contribution < 1.29 is 4.74 Å². The Bertz CT molecular complexity index is 1190. The van der Waals surface area contributed by atoms with Crippen molar-refractivity contribution >= 4 is 37.6 Å². The van der Waals surface area contributed by atoms with Crippen LogP contribution < -0.4 is 5.32 Å². The fourth-order valence-electron chi connectivity index (χ4n) is 3.77. The molecule has 0 aromatic carbocycles. The number of aryl methyl sites for hydroxylation is 1. The van der Waals surface area contributed by atoms with Gasteiger partial charge in [-0.25, -0.2) is 15.0 Å². The number of fused-ring (bicyclic) bond motifs is 5. The molecule has 142 valence electrons. The molecule has 0 fully saturated rings. The first-order chi connectivity index (χ1) is 13.5. The zero-order valence-corrected chi connectivity index (χ0v) is 16.9. The molecule has 1 aliphatic rings. The van der Waals surface area contributed by atoms with Crippen molar-refractivity contribution in [3.8, 4) is 0 Å². The van der Waals surface area contributed by atoms with Gasteiger partial charge >= 0.3 is 0 Å². The van der Waals surface area contributed by atoms with Gasteiger partial charge in [0.1, 0.15) is 17.0 Å². The van der Waals surface area contributed by atoms with Gasteiger partial charge in [0, 0.05) is 29.3 Å². The quantitative estimate of drug-likeness (QED) is 0.558. The van der Waals surface area contributed by atoms with Crippen LogP contribution in [0.5, 0.6) is 0 Å². The van der Waals surface area contributed by atoms with Crippen LogP contribution in [0.25, 0.3) is 20.4 Å². The minimum atomic E-state index is -0.185. The first kappa shape index (κ1) is 17.5. The molecule has 4 aromatic heterocycles. The van der Waals surface area contributed by atoms with E-state index in [4.69, 9.17) is 9.72 Å². The standard InChI is InChI=1S/C21H21N5OS/c1-12-15-10-27-21(2,3)8-14(15)16-17-18(28-20(16)26-12)19(25-11-24-17)23-9-13-6-4-5-7-22-13/h4-7,11H,8-10H2,1-3H3,(H,23,24,25). The number of aromatic nitrogens is 4. The van der Waals surface area contributed by atoms with Gasteiger partial charge in [0.2, 0.25) is 0 Å². The van der Waals surface area contributed by atoms with E-state index in [0.29, 0.717) is 13.2 Å². The average Bonchev–Trinajstić information content (AvgIpc) is 3.05. The Balaban J connectivity index is 1.65. The molecule has 7 heteroatoms. The summed E-state index contributed by atoms with van der Waals surface area (Å²) >= 11 is 1.65. The molecule has 1 aliphatic heterocycles. The third-order valence-electron chi connectivity index (χ3n) is 5.20. The van der Waals surface area contributed by atoms with E-state index in [9.17, 15) is 0 Å². The summed E-state index contributed by atoms with van der Waals surface area (Å²) in [5.74, 6) is 0.830. The number of hydrogen-bond donors (Lipinski definition) is 1. The van der Waals surface area contributed by atoms with Crippen LogP contribution in [0.4, 0.5) is 5.82 Å². The maximum absolute atomic E-state index is 6.03. The predicted octanol–water partition coefficient (Wildman–Crippen LogP) is 4.41. The first-order valence-corrected chi connectivity index (χ1v) is 10.2. The van der Waals surface area contributed by atoms with E-state index in [1.54, 1.807) is 23.9 Å². The second kappa shape index (κ2) is 6.46. The van der Waals surface area contributed by atoms with Crippen LogP contribution in [0.1, 0.15) is 36.4 Å². The summed E-state index contributed by atoms with van der Waals surface area (Å²) < 4.78 is 7.07. The molecule has 5 heterocycles. The van der Waals surface area contributed by atoms with Gasteiger partial charge in [-0.2, -0.15) is 0 Å². The Morgan fingerprint density at radius 3 is 2.89 bits per heavy atom. The lowest BCUT2D eigenvalue weighted by atomic mass is 9.89. The zero-order valence-electron chi connectivity index (χ0n) is 16.1. The molecule has 0 atom stereocenters. The highest BCUT2D eigenvalue weighted by molar-refractivity contribution is 7.26. The van der Waals surface area contributed by atoms with Gasteiger partial charge in [0.15, 0.2) is 0 Å². The minimum Gasteiger partial charge on any atom is -0.370 e. The van der Waals surface area contributed by atoms with Crippen LogP contribution in [-0.4, -0.2) is 25.5 Å². The smallest absolute Gasteiger partial charge is 0.147 e. The van der Waals surface area contributed by atoms with Crippen LogP contribution in [0.3, 0.4) is 0 Å². The fraction of sp³-hybridized carbons (Fsp3) is 0.333. The lowest BCUT2D eigenvalue weighted by Crippen LogP contribution is -2.32. The molecule has 0 bridgehead atoms. The maximum atomic E-state index is 6.03. The Morgan fingerprint density at radius 1 is 1.18 bits per heavy atom. The minimum absolute atomic E-state index is 0.185. The third kappa shape index (κ3) is 2.91. The van der Waals surface area contributed by atoms with Gasteiger partial charge in [-0.1, -0.05) is 6.07 Å². The number of anilines is 1. The monoisotopic (exact) mass is 391 g/mol. The van der Waals surface area contributed by atoms with E-state index >= 15 is 0 Å². The summed E-state index contributed by atoms with van der Waals surface area (Å²) in [6.45, 7) is 7.56. The molecule has 0 unspecified atom stereocenters. The molecule has 6 nitrogen and oxygen atoms in total. The van der Waals surface area contributed by atoms with Crippen molar-refractivity contribution in [2.45, 2.75) is 45.9 Å². The fourth-order valence-corrected chi connectivity index (χ4v) is 4.94. The topological polar surface area (TPSA) is 72.8 Å². The summed E-state index contributed by atoms with van der Waals surface area (Å²) in [4.78, 5) is 19.4. The Morgan fingerprint density at radius 2 is 2.07 bits per heavy atom. The second-order valence-corrected chi connectivity index (χ2v) is 8.74. The molecule has 28 heavy (non-hydrogen) atoms. The highest BCUT2D eigenvalue weighted by Crippen LogP contribution is 2.41. The molecule has 4 aromatic rings. The number of hydrogen-bond acceptors (Lipinski definition) is 7. The SMILES string of the molecule is Cc1nc2sc3c(NCc4ccccn4)ncnc3c2c2c1COC(C)(C)C2. The van der Waals surface area contributed by atoms with Gasteiger partial charge < -0.3 is 10.1 Å². The van der Waals surface area contributed by atoms with E-state index in [-0.39, 0.29) is 5.60 Å². The van der Waals surface area contributed by atoms with Crippen molar-refractivity contribution in [3.63, 3.8) is 0 Å². The molecule has 1 N–H and O–H groups in total. The summed E-state index contributed by atoms with van der Waals surface area (Å²) in [6.07, 6.45) is 4.29. The molecule has 5 rings (SSSR count). The van der Waals surface area contributed by atoms with E-state index in [2.05, 4.69) is 41.0 Å². The molecule has 0 aliphatic carbocycles. The van der Waals surface area contributed by atoms with Gasteiger partial charge in [0.05, 0.1) is 34.7 Å². The number of rotatable bonds is 3. The largest absolute Gasteiger partial charge is 0.370 e. The first-order valence-electron chi connectivity index (χ1n) is 9.35. The van der Waals surface area contributed by atoms with Crippen molar-refractivity contribution in [1.29, 1.82) is 0 Å². The van der Waals surface area contributed by atoms with Crippen molar-refractivity contribution in [1.82, 2.24) is 19.9 Å². The van der Waals surface area contributed by atoms with Gasteiger partial charge in [-0.05, 0) is 38.5 Å². The van der Waals surface area contributed by atoms with Crippen molar-refractivity contribution in [2.75, 3.05) is 5.32 Å². The normalized spacial score (nSPS) is 15.7. The summed E-state index contributed by atoms with van der Waals surface area (Å²) in [5, 5.41) is 4.57. The highest BCUT2D eigenvalue weighted by Gasteiger charge is 2.30. The molecular formula is C21H21N5OS. The maximum Gasteiger partial charge on any atom is 0.147 e. The van der Waals surface area contributed by atoms with Crippen LogP contribution in [0.2, 0.25) is 0 Å². The molecule has 0 amide bonds. The number of pyridine rings is 2. The number of nitrogens with one attached hydrogen (secondary N) is 1. The van der Waals surface area contributed by atoms with E-state index in [0.717, 1.165) is 44.1 Å². The average molecular weight is 392 g/mol. The number of thiophene rings is 1. The summed E-state index contributed by atoms with van der Waals surface area (Å²) in [7, 11) is 0. The predicted molar refractivity (Wildman–Crippen MR) is 112 cm³/mol. The van der Waals surface area contributed by atoms with Crippen LogP contribution >= 0.6 is 11.3 Å². The number of nitrogens with zero attached hydrogens (tertiary/aromatic N) is 4. The second-order valence-electron chi connectivity index (χ2n) is 7.74. The van der Waals surface area contributed by atoms with E-state index in [1.165, 1.54) is 11.1 Å². The highest BCUT2D eigenvalue weighted by atomic mass is 32.1. The Kier molecular flexibility index (Phi) is 4.03. The van der Waals surface area contributed by atoms with Gasteiger partial charge in [0.25, 0.3) is 0 Å².